The second-order valence-electron chi connectivity index (χ2n) is 5.16. The van der Waals surface area contributed by atoms with Gasteiger partial charge in [0.25, 0.3) is 0 Å². The summed E-state index contributed by atoms with van der Waals surface area (Å²) in [6, 6.07) is 13.8. The molecule has 0 saturated heterocycles. The third kappa shape index (κ3) is 3.61. The molecule has 0 spiro atoms. The first kappa shape index (κ1) is 15.1. The Morgan fingerprint density at radius 1 is 1.19 bits per heavy atom. The number of nitrogens with zero attached hydrogens (tertiary/aromatic N) is 1. The van der Waals surface area contributed by atoms with Crippen molar-refractivity contribution < 1.29 is 9.90 Å². The first-order valence-corrected chi connectivity index (χ1v) is 6.85. The summed E-state index contributed by atoms with van der Waals surface area (Å²) in [6.07, 6.45) is 0.440. The minimum absolute atomic E-state index is 0.127. The van der Waals surface area contributed by atoms with E-state index >= 15 is 0 Å². The van der Waals surface area contributed by atoms with Crippen molar-refractivity contribution in [3.8, 4) is 5.75 Å². The number of nitrogens with two attached hydrogens (primary N) is 1. The summed E-state index contributed by atoms with van der Waals surface area (Å²) >= 11 is 0. The first-order valence-electron chi connectivity index (χ1n) is 6.85. The second kappa shape index (κ2) is 6.41. The molecule has 2 aromatic rings. The van der Waals surface area contributed by atoms with E-state index in [4.69, 9.17) is 5.73 Å². The number of likely N-dealkylation sites (N-methyl/N-ethyl adjacent to an activating group) is 1. The van der Waals surface area contributed by atoms with Crippen LogP contribution in [0.15, 0.2) is 48.5 Å². The van der Waals surface area contributed by atoms with E-state index in [1.54, 1.807) is 36.2 Å². The highest BCUT2D eigenvalue weighted by molar-refractivity contribution is 5.97. The van der Waals surface area contributed by atoms with Crippen molar-refractivity contribution in [2.45, 2.75) is 19.4 Å². The van der Waals surface area contributed by atoms with Gasteiger partial charge in [-0.25, -0.2) is 0 Å². The van der Waals surface area contributed by atoms with E-state index in [2.05, 4.69) is 0 Å². The Labute approximate surface area is 124 Å². The third-order valence-electron chi connectivity index (χ3n) is 3.52. The number of amides is 1. The van der Waals surface area contributed by atoms with Crippen LogP contribution in [-0.2, 0) is 11.2 Å². The zero-order valence-electron chi connectivity index (χ0n) is 12.3. The molecule has 1 amide bonds. The summed E-state index contributed by atoms with van der Waals surface area (Å²) in [5, 5.41) is 9.26. The van der Waals surface area contributed by atoms with Gasteiger partial charge in [0.2, 0.25) is 5.91 Å². The van der Waals surface area contributed by atoms with Gasteiger partial charge in [-0.15, -0.1) is 0 Å². The van der Waals surface area contributed by atoms with E-state index in [0.29, 0.717) is 6.42 Å². The number of hydrogen-bond donors (Lipinski definition) is 2. The zero-order valence-corrected chi connectivity index (χ0v) is 12.3. The van der Waals surface area contributed by atoms with Crippen LogP contribution in [0.1, 0.15) is 11.1 Å². The van der Waals surface area contributed by atoms with E-state index in [9.17, 15) is 9.90 Å². The molecular formula is C17H20N2O2. The topological polar surface area (TPSA) is 66.6 Å². The largest absolute Gasteiger partial charge is 0.508 e. The summed E-state index contributed by atoms with van der Waals surface area (Å²) in [4.78, 5) is 14.0. The molecule has 0 heterocycles. The van der Waals surface area contributed by atoms with Gasteiger partial charge in [-0.2, -0.15) is 0 Å². The van der Waals surface area contributed by atoms with Gasteiger partial charge in [-0.3, -0.25) is 4.79 Å². The van der Waals surface area contributed by atoms with Crippen LogP contribution in [0, 0.1) is 6.92 Å². The summed E-state index contributed by atoms with van der Waals surface area (Å²) in [5.41, 5.74) is 8.84. The molecule has 0 unspecified atom stereocenters. The molecule has 4 heteroatoms. The van der Waals surface area contributed by atoms with Gasteiger partial charge in [0, 0.05) is 12.7 Å². The number of anilines is 1. The molecule has 2 rings (SSSR count). The van der Waals surface area contributed by atoms with E-state index in [1.807, 2.05) is 31.2 Å². The predicted molar refractivity (Wildman–Crippen MR) is 84.4 cm³/mol. The Morgan fingerprint density at radius 2 is 1.81 bits per heavy atom. The van der Waals surface area contributed by atoms with Crippen LogP contribution in [-0.4, -0.2) is 24.1 Å². The van der Waals surface area contributed by atoms with Crippen molar-refractivity contribution in [3.05, 3.63) is 59.7 Å². The monoisotopic (exact) mass is 284 g/mol. The van der Waals surface area contributed by atoms with Crippen LogP contribution in [0.25, 0.3) is 0 Å². The van der Waals surface area contributed by atoms with Gasteiger partial charge < -0.3 is 15.7 Å². The molecule has 0 bridgehead atoms. The van der Waals surface area contributed by atoms with Crippen LogP contribution in [0.3, 0.4) is 0 Å². The lowest BCUT2D eigenvalue weighted by atomic mass is 10.0. The van der Waals surface area contributed by atoms with Crippen molar-refractivity contribution >= 4 is 11.6 Å². The maximum Gasteiger partial charge on any atom is 0.243 e. The molecule has 3 N–H and O–H groups in total. The minimum atomic E-state index is -0.612. The highest BCUT2D eigenvalue weighted by Crippen LogP contribution is 2.19. The van der Waals surface area contributed by atoms with Crippen molar-refractivity contribution in [3.63, 3.8) is 0 Å². The van der Waals surface area contributed by atoms with Crippen LogP contribution in [0.5, 0.6) is 5.75 Å². The highest BCUT2D eigenvalue weighted by atomic mass is 16.3. The number of aromatic hydroxyl groups is 1. The Hall–Kier alpha value is -2.33. The molecule has 1 atom stereocenters. The van der Waals surface area contributed by atoms with Crippen LogP contribution in [0.4, 0.5) is 5.69 Å². The van der Waals surface area contributed by atoms with Gasteiger partial charge in [-0.1, -0.05) is 30.3 Å². The Balaban J connectivity index is 2.08. The number of benzene rings is 2. The molecular weight excluding hydrogens is 264 g/mol. The van der Waals surface area contributed by atoms with E-state index in [0.717, 1.165) is 16.8 Å². The molecule has 0 fully saturated rings. The molecule has 21 heavy (non-hydrogen) atoms. The van der Waals surface area contributed by atoms with Crippen LogP contribution in [0.2, 0.25) is 0 Å². The highest BCUT2D eigenvalue weighted by Gasteiger charge is 2.20. The van der Waals surface area contributed by atoms with Crippen LogP contribution < -0.4 is 10.6 Å². The maximum atomic E-state index is 12.4. The zero-order chi connectivity index (χ0) is 15.4. The van der Waals surface area contributed by atoms with E-state index < -0.39 is 6.04 Å². The molecule has 0 radical (unpaired) electrons. The van der Waals surface area contributed by atoms with Gasteiger partial charge in [-0.05, 0) is 42.7 Å². The number of aryl methyl sites for hydroxylation is 1. The minimum Gasteiger partial charge on any atom is -0.508 e. The SMILES string of the molecule is Cc1ccccc1N(C)C(=O)[C@H](N)Cc1ccc(O)cc1. The summed E-state index contributed by atoms with van der Waals surface area (Å²) in [5.74, 6) is 0.0769. The number of phenols is 1. The Morgan fingerprint density at radius 3 is 2.43 bits per heavy atom. The first-order chi connectivity index (χ1) is 9.99. The standard InChI is InChI=1S/C17H20N2O2/c1-12-5-3-4-6-16(12)19(2)17(21)15(18)11-13-7-9-14(20)10-8-13/h3-10,15,20H,11,18H2,1-2H3/t15-/m1/s1. The van der Waals surface area contributed by atoms with Gasteiger partial charge >= 0.3 is 0 Å². The molecule has 0 aliphatic heterocycles. The summed E-state index contributed by atoms with van der Waals surface area (Å²) in [7, 11) is 1.74. The molecule has 0 aromatic heterocycles. The lowest BCUT2D eigenvalue weighted by Crippen LogP contribution is -2.43. The van der Waals surface area contributed by atoms with Crippen molar-refractivity contribution in [1.82, 2.24) is 0 Å². The molecule has 0 saturated carbocycles. The van der Waals surface area contributed by atoms with Gasteiger partial charge in [0.1, 0.15) is 5.75 Å². The number of rotatable bonds is 4. The van der Waals surface area contributed by atoms with E-state index in [1.165, 1.54) is 0 Å². The molecule has 0 aliphatic rings. The molecule has 0 aliphatic carbocycles. The van der Waals surface area contributed by atoms with E-state index in [-0.39, 0.29) is 11.7 Å². The Bertz CT molecular complexity index is 623. The van der Waals surface area contributed by atoms with Crippen molar-refractivity contribution in [2.75, 3.05) is 11.9 Å². The van der Waals surface area contributed by atoms with Gasteiger partial charge in [0.15, 0.2) is 0 Å². The number of hydrogen-bond acceptors (Lipinski definition) is 3. The van der Waals surface area contributed by atoms with Crippen molar-refractivity contribution in [1.29, 1.82) is 0 Å². The average Bonchev–Trinajstić information content (AvgIpc) is 2.48. The normalized spacial score (nSPS) is 12.0. The maximum absolute atomic E-state index is 12.4. The van der Waals surface area contributed by atoms with Crippen LogP contribution >= 0.6 is 0 Å². The lowest BCUT2D eigenvalue weighted by Gasteiger charge is -2.23. The number of phenolic OH excluding ortho intramolecular Hbond substituents is 1. The fraction of sp³-hybridized carbons (Fsp3) is 0.235. The molecule has 2 aromatic carbocycles. The second-order valence-corrected chi connectivity index (χ2v) is 5.16. The van der Waals surface area contributed by atoms with Gasteiger partial charge in [0.05, 0.1) is 6.04 Å². The smallest absolute Gasteiger partial charge is 0.243 e. The Kier molecular flexibility index (Phi) is 4.60. The number of para-hydroxylation sites is 1. The number of carbonyl (C=O) groups is 1. The fourth-order valence-corrected chi connectivity index (χ4v) is 2.28. The summed E-state index contributed by atoms with van der Waals surface area (Å²) in [6.45, 7) is 1.96. The predicted octanol–water partition coefficient (Wildman–Crippen LogP) is 2.23. The molecule has 110 valence electrons. The quantitative estimate of drug-likeness (QED) is 0.904. The molecule has 4 nitrogen and oxygen atoms in total. The van der Waals surface area contributed by atoms with Crippen molar-refractivity contribution in [2.24, 2.45) is 5.73 Å². The average molecular weight is 284 g/mol. The fourth-order valence-electron chi connectivity index (χ4n) is 2.28. The summed E-state index contributed by atoms with van der Waals surface area (Å²) < 4.78 is 0. The lowest BCUT2D eigenvalue weighted by molar-refractivity contribution is -0.119. The third-order valence-corrected chi connectivity index (χ3v) is 3.52. The number of carbonyl (C=O) groups excluding carboxylic acids is 1.